The Bertz CT molecular complexity index is 212. The zero-order chi connectivity index (χ0) is 12.0. The molecule has 0 saturated carbocycles. The second-order valence-electron chi connectivity index (χ2n) is 4.04. The van der Waals surface area contributed by atoms with Gasteiger partial charge in [0.25, 0.3) is 0 Å². The van der Waals surface area contributed by atoms with Crippen LogP contribution in [0.1, 0.15) is 26.2 Å². The standard InChI is InChI=1S/C11H21NO4/c1-8(11(14-2)15-3)12-10(13)7-9-5-4-6-16-9/h8-9,11H,4-7H2,1-3H3,(H,12,13). The van der Waals surface area contributed by atoms with Crippen molar-refractivity contribution in [3.05, 3.63) is 0 Å². The highest BCUT2D eigenvalue weighted by molar-refractivity contribution is 5.76. The Morgan fingerprint density at radius 2 is 2.19 bits per heavy atom. The summed E-state index contributed by atoms with van der Waals surface area (Å²) in [5.74, 6) is -0.0153. The van der Waals surface area contributed by atoms with E-state index in [-0.39, 0.29) is 18.1 Å². The molecule has 2 atom stereocenters. The third kappa shape index (κ3) is 4.08. The smallest absolute Gasteiger partial charge is 0.222 e. The number of amides is 1. The van der Waals surface area contributed by atoms with Crippen molar-refractivity contribution in [2.45, 2.75) is 44.6 Å². The molecule has 2 unspecified atom stereocenters. The molecule has 0 aromatic carbocycles. The lowest BCUT2D eigenvalue weighted by Crippen LogP contribution is -2.43. The Hall–Kier alpha value is -0.650. The summed E-state index contributed by atoms with van der Waals surface area (Å²) in [7, 11) is 3.10. The van der Waals surface area contributed by atoms with Crippen LogP contribution in [0.4, 0.5) is 0 Å². The third-order valence-corrected chi connectivity index (χ3v) is 2.70. The molecule has 94 valence electrons. The van der Waals surface area contributed by atoms with E-state index < -0.39 is 6.29 Å². The lowest BCUT2D eigenvalue weighted by atomic mass is 10.1. The van der Waals surface area contributed by atoms with Crippen molar-refractivity contribution < 1.29 is 19.0 Å². The average Bonchev–Trinajstić information content (AvgIpc) is 2.71. The quantitative estimate of drug-likeness (QED) is 0.683. The van der Waals surface area contributed by atoms with Crippen LogP contribution in [0.25, 0.3) is 0 Å². The van der Waals surface area contributed by atoms with Gasteiger partial charge < -0.3 is 19.5 Å². The number of methoxy groups -OCH3 is 2. The second-order valence-corrected chi connectivity index (χ2v) is 4.04. The van der Waals surface area contributed by atoms with Gasteiger partial charge in [-0.1, -0.05) is 0 Å². The van der Waals surface area contributed by atoms with E-state index in [1.54, 1.807) is 14.2 Å². The molecule has 0 aromatic heterocycles. The third-order valence-electron chi connectivity index (χ3n) is 2.70. The van der Waals surface area contributed by atoms with Crippen LogP contribution in [-0.4, -0.2) is 45.2 Å². The van der Waals surface area contributed by atoms with Gasteiger partial charge in [-0.3, -0.25) is 4.79 Å². The number of ether oxygens (including phenoxy) is 3. The van der Waals surface area contributed by atoms with Crippen molar-refractivity contribution in [1.29, 1.82) is 0 Å². The molecule has 1 saturated heterocycles. The summed E-state index contributed by atoms with van der Waals surface area (Å²) >= 11 is 0. The molecule has 1 rings (SSSR count). The van der Waals surface area contributed by atoms with Gasteiger partial charge in [0.15, 0.2) is 6.29 Å². The molecule has 1 amide bonds. The summed E-state index contributed by atoms with van der Waals surface area (Å²) in [5.41, 5.74) is 0. The van der Waals surface area contributed by atoms with Crippen LogP contribution >= 0.6 is 0 Å². The Morgan fingerprint density at radius 3 is 2.69 bits per heavy atom. The first-order valence-electron chi connectivity index (χ1n) is 5.64. The minimum Gasteiger partial charge on any atom is -0.378 e. The van der Waals surface area contributed by atoms with Gasteiger partial charge in [0.2, 0.25) is 5.91 Å². The topological polar surface area (TPSA) is 56.8 Å². The van der Waals surface area contributed by atoms with Crippen molar-refractivity contribution in [2.75, 3.05) is 20.8 Å². The van der Waals surface area contributed by atoms with Crippen LogP contribution in [0.3, 0.4) is 0 Å². The summed E-state index contributed by atoms with van der Waals surface area (Å²) in [4.78, 5) is 11.6. The number of carbonyl (C=O) groups excluding carboxylic acids is 1. The normalized spacial score (nSPS) is 22.4. The minimum absolute atomic E-state index is 0.0153. The van der Waals surface area contributed by atoms with Crippen LogP contribution in [0.15, 0.2) is 0 Å². The zero-order valence-electron chi connectivity index (χ0n) is 10.2. The highest BCUT2D eigenvalue weighted by atomic mass is 16.7. The van der Waals surface area contributed by atoms with Crippen molar-refractivity contribution in [3.63, 3.8) is 0 Å². The van der Waals surface area contributed by atoms with E-state index in [1.165, 1.54) is 0 Å². The molecule has 1 heterocycles. The molecule has 1 N–H and O–H groups in total. The van der Waals surface area contributed by atoms with E-state index in [2.05, 4.69) is 5.32 Å². The summed E-state index contributed by atoms with van der Waals surface area (Å²) in [6.07, 6.45) is 2.11. The van der Waals surface area contributed by atoms with E-state index in [4.69, 9.17) is 14.2 Å². The molecule has 1 fully saturated rings. The van der Waals surface area contributed by atoms with E-state index in [1.807, 2.05) is 6.92 Å². The van der Waals surface area contributed by atoms with Gasteiger partial charge >= 0.3 is 0 Å². The predicted molar refractivity (Wildman–Crippen MR) is 59.0 cm³/mol. The van der Waals surface area contributed by atoms with Crippen LogP contribution in [-0.2, 0) is 19.0 Å². The SMILES string of the molecule is COC(OC)C(C)NC(=O)CC1CCCO1. The zero-order valence-corrected chi connectivity index (χ0v) is 10.2. The molecule has 0 spiro atoms. The highest BCUT2D eigenvalue weighted by Gasteiger charge is 2.22. The first-order chi connectivity index (χ1) is 7.67. The predicted octanol–water partition coefficient (Wildman–Crippen LogP) is 0.679. The molecule has 0 aromatic rings. The van der Waals surface area contributed by atoms with Crippen molar-refractivity contribution >= 4 is 5.91 Å². The first kappa shape index (κ1) is 13.4. The lowest BCUT2D eigenvalue weighted by Gasteiger charge is -2.22. The molecule has 16 heavy (non-hydrogen) atoms. The van der Waals surface area contributed by atoms with Gasteiger partial charge in [0.1, 0.15) is 0 Å². The Morgan fingerprint density at radius 1 is 1.50 bits per heavy atom. The van der Waals surface area contributed by atoms with Gasteiger partial charge in [-0.15, -0.1) is 0 Å². The van der Waals surface area contributed by atoms with Crippen molar-refractivity contribution in [2.24, 2.45) is 0 Å². The molecule has 0 radical (unpaired) electrons. The fourth-order valence-electron chi connectivity index (χ4n) is 1.90. The van der Waals surface area contributed by atoms with E-state index in [0.29, 0.717) is 6.42 Å². The fourth-order valence-corrected chi connectivity index (χ4v) is 1.90. The van der Waals surface area contributed by atoms with Crippen LogP contribution in [0.5, 0.6) is 0 Å². The van der Waals surface area contributed by atoms with E-state index >= 15 is 0 Å². The Kier molecular flexibility index (Phi) is 5.73. The second kappa shape index (κ2) is 6.83. The molecule has 5 nitrogen and oxygen atoms in total. The summed E-state index contributed by atoms with van der Waals surface area (Å²) in [5, 5.41) is 2.84. The number of hydrogen-bond donors (Lipinski definition) is 1. The molecular formula is C11H21NO4. The Labute approximate surface area is 96.4 Å². The van der Waals surface area contributed by atoms with Crippen LogP contribution in [0, 0.1) is 0 Å². The Balaban J connectivity index is 2.26. The van der Waals surface area contributed by atoms with E-state index in [9.17, 15) is 4.79 Å². The largest absolute Gasteiger partial charge is 0.378 e. The first-order valence-corrected chi connectivity index (χ1v) is 5.64. The van der Waals surface area contributed by atoms with Gasteiger partial charge in [-0.2, -0.15) is 0 Å². The van der Waals surface area contributed by atoms with Crippen molar-refractivity contribution in [3.8, 4) is 0 Å². The average molecular weight is 231 g/mol. The lowest BCUT2D eigenvalue weighted by molar-refractivity contribution is -0.137. The molecule has 0 bridgehead atoms. The van der Waals surface area contributed by atoms with Gasteiger partial charge in [-0.05, 0) is 19.8 Å². The molecule has 0 aliphatic carbocycles. The minimum atomic E-state index is -0.409. The number of carbonyl (C=O) groups is 1. The van der Waals surface area contributed by atoms with Gasteiger partial charge in [0.05, 0.1) is 18.6 Å². The fraction of sp³-hybridized carbons (Fsp3) is 0.909. The maximum Gasteiger partial charge on any atom is 0.222 e. The van der Waals surface area contributed by atoms with Gasteiger partial charge in [-0.25, -0.2) is 0 Å². The summed E-state index contributed by atoms with van der Waals surface area (Å²) in [6.45, 7) is 2.62. The number of hydrogen-bond acceptors (Lipinski definition) is 4. The maximum atomic E-state index is 11.6. The van der Waals surface area contributed by atoms with Crippen LogP contribution in [0.2, 0.25) is 0 Å². The summed E-state index contributed by atoms with van der Waals surface area (Å²) < 4.78 is 15.5. The molecule has 1 aliphatic rings. The highest BCUT2D eigenvalue weighted by Crippen LogP contribution is 2.15. The molecule has 5 heteroatoms. The molecular weight excluding hydrogens is 210 g/mol. The van der Waals surface area contributed by atoms with Gasteiger partial charge in [0, 0.05) is 20.8 Å². The van der Waals surface area contributed by atoms with Crippen molar-refractivity contribution in [1.82, 2.24) is 5.32 Å². The number of nitrogens with one attached hydrogen (secondary N) is 1. The monoisotopic (exact) mass is 231 g/mol. The maximum absolute atomic E-state index is 11.6. The van der Waals surface area contributed by atoms with E-state index in [0.717, 1.165) is 19.4 Å². The number of rotatable bonds is 6. The summed E-state index contributed by atoms with van der Waals surface area (Å²) in [6, 6.07) is -0.163. The molecule has 1 aliphatic heterocycles. The van der Waals surface area contributed by atoms with Crippen LogP contribution < -0.4 is 5.32 Å².